The Kier molecular flexibility index (Phi) is 6.36. The summed E-state index contributed by atoms with van der Waals surface area (Å²) in [5.74, 6) is 0.953. The van der Waals surface area contributed by atoms with Gasteiger partial charge in [0.25, 0.3) is 0 Å². The van der Waals surface area contributed by atoms with Gasteiger partial charge in [0.05, 0.1) is 11.4 Å². The third-order valence-electron chi connectivity index (χ3n) is 5.70. The van der Waals surface area contributed by atoms with Crippen molar-refractivity contribution in [1.82, 2.24) is 10.6 Å². The van der Waals surface area contributed by atoms with Gasteiger partial charge in [0, 0.05) is 38.4 Å². The summed E-state index contributed by atoms with van der Waals surface area (Å²) < 4.78 is 28.4. The zero-order valence-corrected chi connectivity index (χ0v) is 17.3. The van der Waals surface area contributed by atoms with Gasteiger partial charge in [-0.05, 0) is 25.2 Å². The maximum absolute atomic E-state index is 11.4. The topological polar surface area (TPSA) is 79.8 Å². The summed E-state index contributed by atoms with van der Waals surface area (Å²) in [6, 6.07) is 0.285. The molecular formula is C17H35N3O3S. The van der Waals surface area contributed by atoms with Crippen molar-refractivity contribution in [3.05, 3.63) is 0 Å². The van der Waals surface area contributed by atoms with Crippen LogP contribution in [0.25, 0.3) is 0 Å². The molecular weight excluding hydrogens is 326 g/mol. The standard InChI is InChI=1S/C17H35N3O3S/c1-15(2,9-10-24(8,21)22)12-19-14(18-6)20-13-11-17(5,23-7)16(13,3)4/h13H,9-12H2,1-8H3,(H2,18,19,20). The van der Waals surface area contributed by atoms with Crippen molar-refractivity contribution in [2.45, 2.75) is 59.1 Å². The van der Waals surface area contributed by atoms with E-state index in [9.17, 15) is 8.42 Å². The van der Waals surface area contributed by atoms with Crippen molar-refractivity contribution in [3.8, 4) is 0 Å². The molecule has 0 aromatic heterocycles. The van der Waals surface area contributed by atoms with Gasteiger partial charge in [0.15, 0.2) is 5.96 Å². The Labute approximate surface area is 147 Å². The highest BCUT2D eigenvalue weighted by atomic mass is 32.2. The molecule has 1 fully saturated rings. The van der Waals surface area contributed by atoms with Crippen molar-refractivity contribution in [1.29, 1.82) is 0 Å². The molecule has 0 aliphatic heterocycles. The molecule has 0 bridgehead atoms. The highest BCUT2D eigenvalue weighted by molar-refractivity contribution is 7.90. The third-order valence-corrected chi connectivity index (χ3v) is 6.64. The minimum Gasteiger partial charge on any atom is -0.378 e. The van der Waals surface area contributed by atoms with E-state index in [-0.39, 0.29) is 28.2 Å². The van der Waals surface area contributed by atoms with E-state index in [0.29, 0.717) is 13.0 Å². The second-order valence-corrected chi connectivity index (χ2v) is 10.8. The fourth-order valence-electron chi connectivity index (χ4n) is 2.96. The van der Waals surface area contributed by atoms with Crippen LogP contribution in [0.4, 0.5) is 0 Å². The first kappa shape index (κ1) is 21.2. The van der Waals surface area contributed by atoms with Gasteiger partial charge in [-0.1, -0.05) is 27.7 Å². The maximum atomic E-state index is 11.4. The molecule has 2 N–H and O–H groups in total. The molecule has 0 amide bonds. The molecule has 1 saturated carbocycles. The number of methoxy groups -OCH3 is 1. The molecule has 1 aliphatic rings. The van der Waals surface area contributed by atoms with Gasteiger partial charge in [-0.3, -0.25) is 4.99 Å². The zero-order chi connectivity index (χ0) is 18.8. The molecule has 2 atom stereocenters. The van der Waals surface area contributed by atoms with Gasteiger partial charge in [-0.15, -0.1) is 0 Å². The fraction of sp³-hybridized carbons (Fsp3) is 0.941. The summed E-state index contributed by atoms with van der Waals surface area (Å²) in [5, 5.41) is 6.80. The number of hydrogen-bond donors (Lipinski definition) is 2. The van der Waals surface area contributed by atoms with Crippen molar-refractivity contribution < 1.29 is 13.2 Å². The van der Waals surface area contributed by atoms with Crippen LogP contribution in [0.2, 0.25) is 0 Å². The van der Waals surface area contributed by atoms with Crippen LogP contribution < -0.4 is 10.6 Å². The Balaban J connectivity index is 2.55. The van der Waals surface area contributed by atoms with E-state index in [1.807, 2.05) is 0 Å². The number of nitrogens with one attached hydrogen (secondary N) is 2. The molecule has 6 nitrogen and oxygen atoms in total. The molecule has 0 radical (unpaired) electrons. The van der Waals surface area contributed by atoms with Crippen molar-refractivity contribution in [3.63, 3.8) is 0 Å². The van der Waals surface area contributed by atoms with Gasteiger partial charge in [0.2, 0.25) is 0 Å². The van der Waals surface area contributed by atoms with E-state index in [4.69, 9.17) is 4.74 Å². The van der Waals surface area contributed by atoms with Crippen molar-refractivity contribution >= 4 is 15.8 Å². The molecule has 0 aromatic rings. The van der Waals surface area contributed by atoms with E-state index >= 15 is 0 Å². The summed E-state index contributed by atoms with van der Waals surface area (Å²) >= 11 is 0. The largest absolute Gasteiger partial charge is 0.378 e. The summed E-state index contributed by atoms with van der Waals surface area (Å²) in [4.78, 5) is 4.30. The van der Waals surface area contributed by atoms with Crippen LogP contribution in [0.3, 0.4) is 0 Å². The molecule has 1 aliphatic carbocycles. The highest BCUT2D eigenvalue weighted by Crippen LogP contribution is 2.51. The SMILES string of the molecule is CN=C(NCC(C)(C)CCS(C)(=O)=O)NC1CC(C)(OC)C1(C)C. The molecule has 0 aromatic carbocycles. The van der Waals surface area contributed by atoms with E-state index < -0.39 is 9.84 Å². The quantitative estimate of drug-likeness (QED) is 0.534. The summed E-state index contributed by atoms with van der Waals surface area (Å²) in [6.45, 7) is 11.3. The van der Waals surface area contributed by atoms with E-state index in [1.54, 1.807) is 14.2 Å². The predicted molar refractivity (Wildman–Crippen MR) is 100 cm³/mol. The molecule has 0 spiro atoms. The normalized spacial score (nSPS) is 27.5. The van der Waals surface area contributed by atoms with E-state index in [1.165, 1.54) is 6.26 Å². The van der Waals surface area contributed by atoms with Crippen molar-refractivity contribution in [2.75, 3.05) is 32.7 Å². The van der Waals surface area contributed by atoms with Gasteiger partial charge in [0.1, 0.15) is 9.84 Å². The average Bonchev–Trinajstić information content (AvgIpc) is 2.47. The number of aliphatic imine (C=N–C) groups is 1. The van der Waals surface area contributed by atoms with Gasteiger partial charge in [-0.2, -0.15) is 0 Å². The molecule has 1 rings (SSSR count). The van der Waals surface area contributed by atoms with Crippen LogP contribution in [-0.4, -0.2) is 58.7 Å². The lowest BCUT2D eigenvalue weighted by molar-refractivity contribution is -0.176. The number of ether oxygens (including phenoxy) is 1. The Bertz CT molecular complexity index is 570. The fourth-order valence-corrected chi connectivity index (χ4v) is 3.88. The number of hydrogen-bond acceptors (Lipinski definition) is 4. The highest BCUT2D eigenvalue weighted by Gasteiger charge is 2.58. The number of sulfone groups is 1. The van der Waals surface area contributed by atoms with E-state index in [0.717, 1.165) is 12.4 Å². The van der Waals surface area contributed by atoms with Crippen LogP contribution in [0.5, 0.6) is 0 Å². The lowest BCUT2D eigenvalue weighted by atomic mass is 9.56. The van der Waals surface area contributed by atoms with E-state index in [2.05, 4.69) is 50.2 Å². The first-order chi connectivity index (χ1) is 10.8. The lowest BCUT2D eigenvalue weighted by Crippen LogP contribution is -2.69. The van der Waals surface area contributed by atoms with Crippen LogP contribution in [0.15, 0.2) is 4.99 Å². The third kappa shape index (κ3) is 5.09. The zero-order valence-electron chi connectivity index (χ0n) is 16.5. The Morgan fingerprint density at radius 3 is 2.33 bits per heavy atom. The van der Waals surface area contributed by atoms with Gasteiger partial charge < -0.3 is 15.4 Å². The Morgan fingerprint density at radius 1 is 1.33 bits per heavy atom. The Hall–Kier alpha value is -0.820. The van der Waals surface area contributed by atoms with Crippen LogP contribution in [0, 0.1) is 10.8 Å². The number of rotatable bonds is 7. The second-order valence-electron chi connectivity index (χ2n) is 8.53. The van der Waals surface area contributed by atoms with Crippen LogP contribution in [-0.2, 0) is 14.6 Å². The Morgan fingerprint density at radius 2 is 1.92 bits per heavy atom. The second kappa shape index (κ2) is 7.20. The smallest absolute Gasteiger partial charge is 0.191 e. The first-order valence-electron chi connectivity index (χ1n) is 8.46. The summed E-state index contributed by atoms with van der Waals surface area (Å²) in [5.41, 5.74) is -0.250. The average molecular weight is 362 g/mol. The monoisotopic (exact) mass is 361 g/mol. The minimum atomic E-state index is -2.93. The minimum absolute atomic E-state index is 0.00514. The number of guanidine groups is 1. The molecule has 7 heteroatoms. The molecule has 0 saturated heterocycles. The molecule has 2 unspecified atom stereocenters. The summed E-state index contributed by atoms with van der Waals surface area (Å²) in [6.07, 6.45) is 2.82. The predicted octanol–water partition coefficient (Wildman–Crippen LogP) is 1.82. The lowest BCUT2D eigenvalue weighted by Gasteiger charge is -2.59. The molecule has 142 valence electrons. The van der Waals surface area contributed by atoms with Crippen LogP contribution >= 0.6 is 0 Å². The number of nitrogens with zero attached hydrogens (tertiary/aromatic N) is 1. The molecule has 0 heterocycles. The van der Waals surface area contributed by atoms with Gasteiger partial charge in [-0.25, -0.2) is 8.42 Å². The first-order valence-corrected chi connectivity index (χ1v) is 10.5. The summed E-state index contributed by atoms with van der Waals surface area (Å²) in [7, 11) is 0.575. The maximum Gasteiger partial charge on any atom is 0.191 e. The van der Waals surface area contributed by atoms with Crippen LogP contribution in [0.1, 0.15) is 47.5 Å². The van der Waals surface area contributed by atoms with Gasteiger partial charge >= 0.3 is 0 Å². The van der Waals surface area contributed by atoms with Crippen molar-refractivity contribution in [2.24, 2.45) is 15.8 Å². The molecule has 24 heavy (non-hydrogen) atoms.